The lowest BCUT2D eigenvalue weighted by Gasteiger charge is -2.30. The van der Waals surface area contributed by atoms with E-state index in [9.17, 15) is 4.79 Å². The van der Waals surface area contributed by atoms with Crippen molar-refractivity contribution in [3.8, 4) is 0 Å². The molecule has 2 aliphatic heterocycles. The molecule has 0 saturated carbocycles. The number of nitrogens with two attached hydrogens (primary N) is 1. The number of carbonyl (C=O) groups excluding carboxylic acids is 1. The van der Waals surface area contributed by atoms with Crippen molar-refractivity contribution in [2.75, 3.05) is 10.2 Å². The lowest BCUT2D eigenvalue weighted by molar-refractivity contribution is -0.114. The highest BCUT2D eigenvalue weighted by Crippen LogP contribution is 2.37. The fourth-order valence-electron chi connectivity index (χ4n) is 2.11. The van der Waals surface area contributed by atoms with Crippen molar-refractivity contribution in [3.63, 3.8) is 0 Å². The Hall–Kier alpha value is -1.75. The number of halogens is 1. The van der Waals surface area contributed by atoms with Gasteiger partial charge in [-0.3, -0.25) is 4.79 Å². The molecule has 5 heteroatoms. The minimum absolute atomic E-state index is 0. The lowest BCUT2D eigenvalue weighted by atomic mass is 9.97. The highest BCUT2D eigenvalue weighted by Gasteiger charge is 2.22. The molecular weight excluding hydrogens is 282 g/mol. The molecule has 0 saturated heterocycles. The summed E-state index contributed by atoms with van der Waals surface area (Å²) in [7, 11) is 0. The van der Waals surface area contributed by atoms with Gasteiger partial charge in [-0.2, -0.15) is 0 Å². The zero-order chi connectivity index (χ0) is 11.1. The van der Waals surface area contributed by atoms with E-state index in [0.717, 1.165) is 16.9 Å². The van der Waals surface area contributed by atoms with Crippen LogP contribution in [0.4, 0.5) is 11.4 Å². The van der Waals surface area contributed by atoms with E-state index in [0.29, 0.717) is 12.0 Å². The summed E-state index contributed by atoms with van der Waals surface area (Å²) >= 11 is 0. The first kappa shape index (κ1) is 11.7. The monoisotopic (exact) mass is 293 g/mol. The second-order valence-corrected chi connectivity index (χ2v) is 3.88. The van der Waals surface area contributed by atoms with E-state index in [1.807, 2.05) is 35.5 Å². The molecule has 0 unspecified atom stereocenters. The Morgan fingerprint density at radius 3 is 3.00 bits per heavy atom. The Bertz CT molecular complexity index is 537. The highest BCUT2D eigenvalue weighted by molar-refractivity contribution is 8.93. The molecule has 0 aliphatic carbocycles. The molecule has 2 heterocycles. The van der Waals surface area contributed by atoms with Crippen LogP contribution in [0, 0.1) is 0 Å². The van der Waals surface area contributed by atoms with Gasteiger partial charge in [-0.15, -0.1) is 17.0 Å². The predicted octanol–water partition coefficient (Wildman–Crippen LogP) is 1.89. The molecular formula is C12H12BrN3O. The topological polar surface area (TPSA) is 58.4 Å². The van der Waals surface area contributed by atoms with E-state index >= 15 is 0 Å². The fraction of sp³-hybridized carbons (Fsp3) is 0.0833. The summed E-state index contributed by atoms with van der Waals surface area (Å²) in [5.41, 5.74) is 9.24. The van der Waals surface area contributed by atoms with E-state index < -0.39 is 0 Å². The van der Waals surface area contributed by atoms with Gasteiger partial charge in [0.1, 0.15) is 0 Å². The molecule has 4 nitrogen and oxygen atoms in total. The number of anilines is 2. The van der Waals surface area contributed by atoms with Crippen molar-refractivity contribution in [2.24, 2.45) is 5.73 Å². The third-order valence-electron chi connectivity index (χ3n) is 2.84. The third-order valence-corrected chi connectivity index (χ3v) is 2.84. The molecule has 0 bridgehead atoms. The maximum absolute atomic E-state index is 11.2. The molecule has 0 atom stereocenters. The first-order chi connectivity index (χ1) is 7.75. The number of hydrogen-bond acceptors (Lipinski definition) is 3. The standard InChI is InChI=1S/C12H11N3O.BrH/c13-12(16)9-6-8-2-1-3-10-11(8)15(7-9)5-4-14-10;/h1-5,7,14H,6H2,(H2,13,16);1H. The maximum atomic E-state index is 11.2. The van der Waals surface area contributed by atoms with Crippen LogP contribution in [0.15, 0.2) is 42.4 Å². The molecule has 0 radical (unpaired) electrons. The summed E-state index contributed by atoms with van der Waals surface area (Å²) in [4.78, 5) is 13.2. The van der Waals surface area contributed by atoms with E-state index in [1.165, 1.54) is 0 Å². The van der Waals surface area contributed by atoms with Crippen molar-refractivity contribution >= 4 is 34.3 Å². The third kappa shape index (κ3) is 1.82. The quantitative estimate of drug-likeness (QED) is 0.831. The van der Waals surface area contributed by atoms with Crippen LogP contribution < -0.4 is 16.0 Å². The molecule has 3 N–H and O–H groups in total. The van der Waals surface area contributed by atoms with Gasteiger partial charge in [-0.1, -0.05) is 12.1 Å². The summed E-state index contributed by atoms with van der Waals surface area (Å²) < 4.78 is 0. The normalized spacial score (nSPS) is 15.3. The molecule has 0 fully saturated rings. The van der Waals surface area contributed by atoms with Crippen LogP contribution in [0.1, 0.15) is 5.56 Å². The Balaban J connectivity index is 0.00000108. The van der Waals surface area contributed by atoms with Crippen LogP contribution in [0.5, 0.6) is 0 Å². The molecule has 1 amide bonds. The van der Waals surface area contributed by atoms with Crippen molar-refractivity contribution < 1.29 is 4.79 Å². The van der Waals surface area contributed by atoms with Crippen molar-refractivity contribution in [3.05, 3.63) is 47.9 Å². The van der Waals surface area contributed by atoms with Gasteiger partial charge in [-0.25, -0.2) is 0 Å². The summed E-state index contributed by atoms with van der Waals surface area (Å²) in [5, 5.41) is 3.18. The fourth-order valence-corrected chi connectivity index (χ4v) is 2.11. The number of para-hydroxylation sites is 1. The van der Waals surface area contributed by atoms with Gasteiger partial charge >= 0.3 is 0 Å². The minimum Gasteiger partial charge on any atom is -0.366 e. The SMILES string of the molecule is Br.NC(=O)C1=CN2C=CNc3cccc(c32)C1. The Kier molecular flexibility index (Phi) is 2.93. The van der Waals surface area contributed by atoms with Gasteiger partial charge in [0.15, 0.2) is 0 Å². The van der Waals surface area contributed by atoms with Crippen LogP contribution in [-0.4, -0.2) is 5.91 Å². The van der Waals surface area contributed by atoms with Crippen LogP contribution in [-0.2, 0) is 11.2 Å². The number of rotatable bonds is 1. The molecule has 1 aromatic carbocycles. The van der Waals surface area contributed by atoms with Crippen LogP contribution >= 0.6 is 17.0 Å². The number of amides is 1. The zero-order valence-electron chi connectivity index (χ0n) is 9.01. The molecule has 0 spiro atoms. The molecule has 17 heavy (non-hydrogen) atoms. The van der Waals surface area contributed by atoms with E-state index in [1.54, 1.807) is 6.20 Å². The maximum Gasteiger partial charge on any atom is 0.246 e. The van der Waals surface area contributed by atoms with Crippen molar-refractivity contribution in [2.45, 2.75) is 6.42 Å². The van der Waals surface area contributed by atoms with Crippen molar-refractivity contribution in [1.82, 2.24) is 0 Å². The highest BCUT2D eigenvalue weighted by atomic mass is 79.9. The summed E-state index contributed by atoms with van der Waals surface area (Å²) in [5.74, 6) is -0.358. The van der Waals surface area contributed by atoms with Gasteiger partial charge in [0, 0.05) is 30.6 Å². The lowest BCUT2D eigenvalue weighted by Crippen LogP contribution is -2.26. The molecule has 3 rings (SSSR count). The molecule has 2 aliphatic rings. The molecule has 88 valence electrons. The van der Waals surface area contributed by atoms with E-state index in [-0.39, 0.29) is 22.9 Å². The number of nitrogens with zero attached hydrogens (tertiary/aromatic N) is 1. The number of nitrogens with one attached hydrogen (secondary N) is 1. The second-order valence-electron chi connectivity index (χ2n) is 3.88. The van der Waals surface area contributed by atoms with Crippen LogP contribution in [0.2, 0.25) is 0 Å². The minimum atomic E-state index is -0.358. The Labute approximate surface area is 110 Å². The average molecular weight is 294 g/mol. The summed E-state index contributed by atoms with van der Waals surface area (Å²) in [6, 6.07) is 6.00. The molecule has 0 aromatic heterocycles. The Morgan fingerprint density at radius 2 is 2.24 bits per heavy atom. The summed E-state index contributed by atoms with van der Waals surface area (Å²) in [6.45, 7) is 0. The smallest absolute Gasteiger partial charge is 0.246 e. The first-order valence-corrected chi connectivity index (χ1v) is 5.09. The molecule has 1 aromatic rings. The van der Waals surface area contributed by atoms with Crippen molar-refractivity contribution in [1.29, 1.82) is 0 Å². The Morgan fingerprint density at radius 1 is 1.41 bits per heavy atom. The van der Waals surface area contributed by atoms with Gasteiger partial charge in [0.2, 0.25) is 5.91 Å². The second kappa shape index (κ2) is 4.25. The largest absolute Gasteiger partial charge is 0.366 e. The van der Waals surface area contributed by atoms with E-state index in [4.69, 9.17) is 5.73 Å². The number of primary amides is 1. The first-order valence-electron chi connectivity index (χ1n) is 5.09. The number of carbonyl (C=O) groups is 1. The van der Waals surface area contributed by atoms with E-state index in [2.05, 4.69) is 5.32 Å². The van der Waals surface area contributed by atoms with Crippen LogP contribution in [0.25, 0.3) is 0 Å². The van der Waals surface area contributed by atoms with Gasteiger partial charge in [0.25, 0.3) is 0 Å². The number of benzene rings is 1. The summed E-state index contributed by atoms with van der Waals surface area (Å²) in [6.07, 6.45) is 6.12. The zero-order valence-corrected chi connectivity index (χ0v) is 10.7. The van der Waals surface area contributed by atoms with Gasteiger partial charge < -0.3 is 16.0 Å². The average Bonchev–Trinajstić information content (AvgIpc) is 2.29. The number of hydrogen-bond donors (Lipinski definition) is 2. The van der Waals surface area contributed by atoms with Gasteiger partial charge in [0.05, 0.1) is 11.4 Å². The van der Waals surface area contributed by atoms with Crippen LogP contribution in [0.3, 0.4) is 0 Å². The van der Waals surface area contributed by atoms with Gasteiger partial charge in [-0.05, 0) is 11.6 Å². The predicted molar refractivity (Wildman–Crippen MR) is 73.0 cm³/mol.